The summed E-state index contributed by atoms with van der Waals surface area (Å²) in [5.74, 6) is 0.337. The number of likely N-dealkylation sites (tertiary alicyclic amines) is 1. The molecule has 8 nitrogen and oxygen atoms in total. The van der Waals surface area contributed by atoms with Crippen LogP contribution in [0.4, 0.5) is 0 Å². The molecule has 2 unspecified atom stereocenters. The smallest absolute Gasteiger partial charge is 0.258 e. The number of benzene rings is 1. The molecule has 4 heterocycles. The largest absolute Gasteiger partial charge is 0.467 e. The highest BCUT2D eigenvalue weighted by Crippen LogP contribution is 2.33. The van der Waals surface area contributed by atoms with E-state index in [1.807, 2.05) is 11.0 Å². The molecule has 0 radical (unpaired) electrons. The molecule has 31 heavy (non-hydrogen) atoms. The van der Waals surface area contributed by atoms with Crippen molar-refractivity contribution >= 4 is 17.7 Å². The fourth-order valence-electron chi connectivity index (χ4n) is 5.33. The number of carbonyl (C=O) groups excluding carboxylic acids is 3. The molecule has 3 amide bonds. The predicted molar refractivity (Wildman–Crippen MR) is 113 cm³/mol. The molecule has 1 aromatic carbocycles. The van der Waals surface area contributed by atoms with Gasteiger partial charge in [0.2, 0.25) is 11.8 Å². The molecule has 2 atom stereocenters. The van der Waals surface area contributed by atoms with Crippen LogP contribution in [0.1, 0.15) is 48.9 Å². The first-order chi connectivity index (χ1) is 15.0. The molecule has 4 aliphatic rings. The summed E-state index contributed by atoms with van der Waals surface area (Å²) in [6.07, 6.45) is 4.72. The zero-order valence-corrected chi connectivity index (χ0v) is 17.8. The number of carbonyl (C=O) groups is 3. The van der Waals surface area contributed by atoms with Crippen molar-refractivity contribution in [1.29, 1.82) is 0 Å². The number of hydrogen-bond donors (Lipinski definition) is 1. The molecule has 0 aromatic heterocycles. The lowest BCUT2D eigenvalue weighted by atomic mass is 9.99. The fourth-order valence-corrected chi connectivity index (χ4v) is 5.33. The molecule has 1 spiro atoms. The van der Waals surface area contributed by atoms with E-state index >= 15 is 0 Å². The monoisotopic (exact) mass is 426 g/mol. The summed E-state index contributed by atoms with van der Waals surface area (Å²) in [5, 5.41) is 2.98. The highest BCUT2D eigenvalue weighted by atomic mass is 16.5. The van der Waals surface area contributed by atoms with Crippen molar-refractivity contribution in [2.75, 3.05) is 39.3 Å². The Morgan fingerprint density at radius 2 is 1.97 bits per heavy atom. The maximum absolute atomic E-state index is 13.0. The van der Waals surface area contributed by atoms with Crippen LogP contribution in [0.25, 0.3) is 0 Å². The number of hydrogen-bond acceptors (Lipinski definition) is 5. The lowest BCUT2D eigenvalue weighted by molar-refractivity contribution is -0.142. The molecule has 4 aliphatic heterocycles. The van der Waals surface area contributed by atoms with Crippen LogP contribution in [0.2, 0.25) is 0 Å². The highest BCUT2D eigenvalue weighted by molar-refractivity contribution is 5.98. The Bertz CT molecular complexity index is 890. The van der Waals surface area contributed by atoms with Gasteiger partial charge in [-0.3, -0.25) is 19.3 Å². The Hall–Kier alpha value is -2.61. The standard InChI is InChI=1S/C23H30N4O4/c28-20-8-9-23(24-22(30)18-6-1-2-7-19(18)31-23)10-12-26(20)16-21(29)27-14-13-25-11-4-3-5-17(25)15-27/h1-2,6-7,17H,3-5,8-16H2,(H,24,30). The molecule has 3 fully saturated rings. The average Bonchev–Trinajstić information content (AvgIpc) is 2.93. The summed E-state index contributed by atoms with van der Waals surface area (Å²) in [6, 6.07) is 7.62. The number of amides is 3. The summed E-state index contributed by atoms with van der Waals surface area (Å²) in [5.41, 5.74) is -0.385. The van der Waals surface area contributed by atoms with Gasteiger partial charge in [-0.1, -0.05) is 18.6 Å². The summed E-state index contributed by atoms with van der Waals surface area (Å²) >= 11 is 0. The van der Waals surface area contributed by atoms with Crippen LogP contribution in [0, 0.1) is 0 Å². The Kier molecular flexibility index (Phi) is 5.33. The second-order valence-electron chi connectivity index (χ2n) is 9.14. The summed E-state index contributed by atoms with van der Waals surface area (Å²) in [7, 11) is 0. The van der Waals surface area contributed by atoms with Crippen LogP contribution in [0.3, 0.4) is 0 Å². The van der Waals surface area contributed by atoms with Crippen molar-refractivity contribution in [2.24, 2.45) is 0 Å². The lowest BCUT2D eigenvalue weighted by Crippen LogP contribution is -2.58. The summed E-state index contributed by atoms with van der Waals surface area (Å²) in [6.45, 7) is 4.04. The normalized spacial score (nSPS) is 29.0. The van der Waals surface area contributed by atoms with Crippen LogP contribution in [-0.4, -0.2) is 83.5 Å². The third-order valence-electron chi connectivity index (χ3n) is 7.18. The minimum absolute atomic E-state index is 0.0217. The van der Waals surface area contributed by atoms with Crippen molar-refractivity contribution in [3.8, 4) is 5.75 Å². The van der Waals surface area contributed by atoms with E-state index in [1.165, 1.54) is 12.8 Å². The highest BCUT2D eigenvalue weighted by Gasteiger charge is 2.43. The van der Waals surface area contributed by atoms with Crippen LogP contribution >= 0.6 is 0 Å². The van der Waals surface area contributed by atoms with E-state index in [0.717, 1.165) is 32.6 Å². The minimum Gasteiger partial charge on any atom is -0.467 e. The summed E-state index contributed by atoms with van der Waals surface area (Å²) < 4.78 is 6.18. The van der Waals surface area contributed by atoms with Crippen molar-refractivity contribution in [2.45, 2.75) is 50.3 Å². The second kappa shape index (κ2) is 8.15. The third kappa shape index (κ3) is 4.01. The van der Waals surface area contributed by atoms with Crippen LogP contribution in [-0.2, 0) is 9.59 Å². The van der Waals surface area contributed by atoms with E-state index in [1.54, 1.807) is 23.1 Å². The molecular weight excluding hydrogens is 396 g/mol. The number of nitrogens with zero attached hydrogens (tertiary/aromatic N) is 3. The van der Waals surface area contributed by atoms with Gasteiger partial charge in [0.25, 0.3) is 5.91 Å². The molecule has 0 saturated carbocycles. The Morgan fingerprint density at radius 1 is 1.10 bits per heavy atom. The van der Waals surface area contributed by atoms with Gasteiger partial charge in [-0.05, 0) is 31.5 Å². The second-order valence-corrected chi connectivity index (χ2v) is 9.14. The van der Waals surface area contributed by atoms with E-state index in [2.05, 4.69) is 10.2 Å². The van der Waals surface area contributed by atoms with Gasteiger partial charge in [0.15, 0.2) is 5.72 Å². The first kappa shape index (κ1) is 20.3. The van der Waals surface area contributed by atoms with Gasteiger partial charge in [0, 0.05) is 51.5 Å². The van der Waals surface area contributed by atoms with E-state index in [4.69, 9.17) is 4.74 Å². The van der Waals surface area contributed by atoms with Gasteiger partial charge in [0.05, 0.1) is 12.1 Å². The number of ether oxygens (including phenoxy) is 1. The minimum atomic E-state index is -0.896. The summed E-state index contributed by atoms with van der Waals surface area (Å²) in [4.78, 5) is 44.4. The van der Waals surface area contributed by atoms with Gasteiger partial charge in [-0.25, -0.2) is 0 Å². The topological polar surface area (TPSA) is 82.2 Å². The zero-order chi connectivity index (χ0) is 21.4. The van der Waals surface area contributed by atoms with E-state index in [9.17, 15) is 14.4 Å². The predicted octanol–water partition coefficient (Wildman–Crippen LogP) is 1.21. The van der Waals surface area contributed by atoms with E-state index < -0.39 is 5.72 Å². The SMILES string of the molecule is O=C1NC2(CCC(=O)N(CC(=O)N3CCN4CCCCC4C3)CC2)Oc2ccccc21. The van der Waals surface area contributed by atoms with Crippen LogP contribution in [0.15, 0.2) is 24.3 Å². The number of piperazine rings is 1. The Labute approximate surface area is 182 Å². The lowest BCUT2D eigenvalue weighted by Gasteiger charge is -2.44. The average molecular weight is 427 g/mol. The molecular formula is C23H30N4O4. The number of nitrogens with one attached hydrogen (secondary N) is 1. The molecule has 5 rings (SSSR count). The van der Waals surface area contributed by atoms with Gasteiger partial charge < -0.3 is 19.9 Å². The molecule has 0 aliphatic carbocycles. The first-order valence-corrected chi connectivity index (χ1v) is 11.4. The number of rotatable bonds is 2. The van der Waals surface area contributed by atoms with Crippen LogP contribution in [0.5, 0.6) is 5.75 Å². The van der Waals surface area contributed by atoms with Gasteiger partial charge in [-0.15, -0.1) is 0 Å². The maximum atomic E-state index is 13.0. The first-order valence-electron chi connectivity index (χ1n) is 11.4. The molecule has 8 heteroatoms. The van der Waals surface area contributed by atoms with Crippen molar-refractivity contribution in [1.82, 2.24) is 20.0 Å². The number of fused-ring (bicyclic) bond motifs is 2. The molecule has 0 bridgehead atoms. The molecule has 3 saturated heterocycles. The fraction of sp³-hybridized carbons (Fsp3) is 0.609. The third-order valence-corrected chi connectivity index (χ3v) is 7.18. The van der Waals surface area contributed by atoms with Crippen LogP contribution < -0.4 is 10.1 Å². The number of piperidine rings is 1. The molecule has 1 N–H and O–H groups in total. The molecule has 166 valence electrons. The Morgan fingerprint density at radius 3 is 2.87 bits per heavy atom. The van der Waals surface area contributed by atoms with Gasteiger partial charge >= 0.3 is 0 Å². The molecule has 1 aromatic rings. The number of para-hydroxylation sites is 1. The van der Waals surface area contributed by atoms with Crippen molar-refractivity contribution in [3.05, 3.63) is 29.8 Å². The van der Waals surface area contributed by atoms with E-state index in [0.29, 0.717) is 36.7 Å². The quantitative estimate of drug-likeness (QED) is 0.769. The van der Waals surface area contributed by atoms with Crippen molar-refractivity contribution < 1.29 is 19.1 Å². The van der Waals surface area contributed by atoms with Crippen molar-refractivity contribution in [3.63, 3.8) is 0 Å². The van der Waals surface area contributed by atoms with E-state index in [-0.39, 0.29) is 30.7 Å². The van der Waals surface area contributed by atoms with Gasteiger partial charge in [0.1, 0.15) is 5.75 Å². The van der Waals surface area contributed by atoms with Gasteiger partial charge in [-0.2, -0.15) is 0 Å². The Balaban J connectivity index is 1.23. The zero-order valence-electron chi connectivity index (χ0n) is 17.8. The maximum Gasteiger partial charge on any atom is 0.258 e.